The van der Waals surface area contributed by atoms with Gasteiger partial charge in [0.05, 0.1) is 12.6 Å². The molecule has 0 aliphatic rings. The van der Waals surface area contributed by atoms with Gasteiger partial charge in [-0.3, -0.25) is 0 Å². The fourth-order valence-corrected chi connectivity index (χ4v) is 3.12. The molecule has 0 rings (SSSR count). The number of carbonyl (C=O) groups is 1. The van der Waals surface area contributed by atoms with Gasteiger partial charge >= 0.3 is 0 Å². The van der Waals surface area contributed by atoms with E-state index in [1.165, 1.54) is 96.3 Å². The van der Waals surface area contributed by atoms with Gasteiger partial charge in [-0.25, -0.2) is 0 Å². The Morgan fingerprint density at radius 3 is 1.42 bits per heavy atom. The van der Waals surface area contributed by atoms with E-state index < -0.39 is 0 Å². The molecule has 0 spiro atoms. The summed E-state index contributed by atoms with van der Waals surface area (Å²) in [6, 6.07) is -0.374. The van der Waals surface area contributed by atoms with Gasteiger partial charge in [0.1, 0.15) is 6.29 Å². The fourth-order valence-electron chi connectivity index (χ4n) is 3.12. The summed E-state index contributed by atoms with van der Waals surface area (Å²) in [6.07, 6.45) is 22.8. The maximum atomic E-state index is 10.5. The van der Waals surface area contributed by atoms with Crippen LogP contribution < -0.4 is 5.32 Å². The van der Waals surface area contributed by atoms with Crippen molar-refractivity contribution in [2.24, 2.45) is 0 Å². The molecule has 3 heteroatoms. The van der Waals surface area contributed by atoms with E-state index in [1.54, 1.807) is 0 Å². The van der Waals surface area contributed by atoms with Crippen LogP contribution in [0.2, 0.25) is 0 Å². The van der Waals surface area contributed by atoms with Crippen molar-refractivity contribution in [3.8, 4) is 0 Å². The van der Waals surface area contributed by atoms with Crippen LogP contribution in [0.4, 0.5) is 0 Å². The van der Waals surface area contributed by atoms with E-state index in [0.29, 0.717) is 0 Å². The summed E-state index contributed by atoms with van der Waals surface area (Å²) in [5.74, 6) is 0. The molecule has 0 aliphatic heterocycles. The van der Waals surface area contributed by atoms with E-state index in [-0.39, 0.29) is 12.6 Å². The first-order valence-electron chi connectivity index (χ1n) is 10.6. The Bertz CT molecular complexity index is 246. The van der Waals surface area contributed by atoms with Crippen molar-refractivity contribution < 1.29 is 9.90 Å². The Morgan fingerprint density at radius 1 is 0.708 bits per heavy atom. The Kier molecular flexibility index (Phi) is 20.3. The Balaban J connectivity index is 3.04. The molecule has 0 radical (unpaired) electrons. The largest absolute Gasteiger partial charge is 0.394 e. The quantitative estimate of drug-likeness (QED) is 0.230. The standard InChI is InChI=1S/C21H43NO2/c1-2-3-4-5-6-7-8-9-10-11-12-13-14-15-16-17-18-22-21(19-23)20-24/h19,21-22,24H,2-18,20H2,1H3/t21-/m1/s1. The number of aliphatic hydroxyl groups is 1. The van der Waals surface area contributed by atoms with Crippen molar-refractivity contribution in [3.05, 3.63) is 0 Å². The molecule has 0 unspecified atom stereocenters. The molecule has 2 N–H and O–H groups in total. The maximum absolute atomic E-state index is 10.5. The molecule has 0 heterocycles. The van der Waals surface area contributed by atoms with Gasteiger partial charge in [0, 0.05) is 0 Å². The summed E-state index contributed by atoms with van der Waals surface area (Å²) < 4.78 is 0. The van der Waals surface area contributed by atoms with Gasteiger partial charge < -0.3 is 15.2 Å². The molecular weight excluding hydrogens is 298 g/mol. The van der Waals surface area contributed by atoms with Crippen LogP contribution in [-0.4, -0.2) is 30.6 Å². The molecule has 0 amide bonds. The first-order valence-corrected chi connectivity index (χ1v) is 10.6. The molecule has 0 aromatic carbocycles. The minimum Gasteiger partial charge on any atom is -0.394 e. The average molecular weight is 342 g/mol. The van der Waals surface area contributed by atoms with Crippen LogP contribution in [0.5, 0.6) is 0 Å². The van der Waals surface area contributed by atoms with Crippen LogP contribution >= 0.6 is 0 Å². The minimum atomic E-state index is -0.374. The molecular formula is C21H43NO2. The normalized spacial score (nSPS) is 12.4. The van der Waals surface area contributed by atoms with E-state index in [9.17, 15) is 4.79 Å². The summed E-state index contributed by atoms with van der Waals surface area (Å²) in [5.41, 5.74) is 0. The molecule has 1 atom stereocenters. The summed E-state index contributed by atoms with van der Waals surface area (Å²) in [4.78, 5) is 10.5. The molecule has 0 aromatic rings. The molecule has 0 aromatic heterocycles. The second-order valence-corrected chi connectivity index (χ2v) is 7.18. The van der Waals surface area contributed by atoms with Gasteiger partial charge in [-0.2, -0.15) is 0 Å². The second kappa shape index (κ2) is 20.6. The van der Waals surface area contributed by atoms with Gasteiger partial charge in [0.2, 0.25) is 0 Å². The molecule has 3 nitrogen and oxygen atoms in total. The Labute approximate surface area is 151 Å². The third-order valence-electron chi connectivity index (χ3n) is 4.80. The van der Waals surface area contributed by atoms with E-state index in [1.807, 2.05) is 0 Å². The lowest BCUT2D eigenvalue weighted by atomic mass is 10.0. The molecule has 0 fully saturated rings. The Morgan fingerprint density at radius 2 is 1.08 bits per heavy atom. The topological polar surface area (TPSA) is 49.3 Å². The van der Waals surface area contributed by atoms with Crippen molar-refractivity contribution in [2.75, 3.05) is 13.2 Å². The predicted molar refractivity (Wildman–Crippen MR) is 104 cm³/mol. The molecule has 0 saturated heterocycles. The summed E-state index contributed by atoms with van der Waals surface area (Å²) in [7, 11) is 0. The number of rotatable bonds is 20. The highest BCUT2D eigenvalue weighted by molar-refractivity contribution is 5.57. The van der Waals surface area contributed by atoms with Crippen molar-refractivity contribution in [3.63, 3.8) is 0 Å². The van der Waals surface area contributed by atoms with Gasteiger partial charge in [0.15, 0.2) is 0 Å². The monoisotopic (exact) mass is 341 g/mol. The molecule has 144 valence electrons. The maximum Gasteiger partial charge on any atom is 0.139 e. The third kappa shape index (κ3) is 17.9. The zero-order valence-electron chi connectivity index (χ0n) is 16.2. The van der Waals surface area contributed by atoms with E-state index in [2.05, 4.69) is 12.2 Å². The van der Waals surface area contributed by atoms with Crippen LogP contribution in [0.15, 0.2) is 0 Å². The number of hydrogen-bond donors (Lipinski definition) is 2. The lowest BCUT2D eigenvalue weighted by Gasteiger charge is -2.08. The highest BCUT2D eigenvalue weighted by atomic mass is 16.3. The summed E-state index contributed by atoms with van der Waals surface area (Å²) >= 11 is 0. The molecule has 0 saturated carbocycles. The second-order valence-electron chi connectivity index (χ2n) is 7.18. The van der Waals surface area contributed by atoms with Gasteiger partial charge in [-0.1, -0.05) is 103 Å². The predicted octanol–water partition coefficient (Wildman–Crippen LogP) is 5.40. The van der Waals surface area contributed by atoms with Gasteiger partial charge in [0.25, 0.3) is 0 Å². The minimum absolute atomic E-state index is 0.0949. The van der Waals surface area contributed by atoms with E-state index >= 15 is 0 Å². The fraction of sp³-hybridized carbons (Fsp3) is 0.952. The van der Waals surface area contributed by atoms with Crippen LogP contribution in [0.3, 0.4) is 0 Å². The van der Waals surface area contributed by atoms with Gasteiger partial charge in [-0.15, -0.1) is 0 Å². The van der Waals surface area contributed by atoms with Crippen LogP contribution in [0.25, 0.3) is 0 Å². The first-order chi connectivity index (χ1) is 11.8. The zero-order chi connectivity index (χ0) is 17.7. The number of hydrogen-bond acceptors (Lipinski definition) is 3. The SMILES string of the molecule is CCCCCCCCCCCCCCCCCCN[C@H](C=O)CO. The van der Waals surface area contributed by atoms with Crippen LogP contribution in [0.1, 0.15) is 110 Å². The molecule has 24 heavy (non-hydrogen) atoms. The van der Waals surface area contributed by atoms with Crippen molar-refractivity contribution in [2.45, 2.75) is 116 Å². The smallest absolute Gasteiger partial charge is 0.139 e. The third-order valence-corrected chi connectivity index (χ3v) is 4.80. The number of aliphatic hydroxyl groups excluding tert-OH is 1. The molecule has 0 aliphatic carbocycles. The van der Waals surface area contributed by atoms with Crippen molar-refractivity contribution in [1.82, 2.24) is 5.32 Å². The first kappa shape index (κ1) is 23.6. The number of aldehydes is 1. The number of nitrogens with one attached hydrogen (secondary N) is 1. The Hall–Kier alpha value is -0.410. The number of unbranched alkanes of at least 4 members (excludes halogenated alkanes) is 15. The van der Waals surface area contributed by atoms with Crippen LogP contribution in [-0.2, 0) is 4.79 Å². The highest BCUT2D eigenvalue weighted by Gasteiger charge is 2.02. The van der Waals surface area contributed by atoms with Crippen LogP contribution in [0, 0.1) is 0 Å². The van der Waals surface area contributed by atoms with E-state index in [0.717, 1.165) is 19.3 Å². The number of carbonyl (C=O) groups excluding carboxylic acids is 1. The van der Waals surface area contributed by atoms with Gasteiger partial charge in [-0.05, 0) is 13.0 Å². The zero-order valence-corrected chi connectivity index (χ0v) is 16.2. The van der Waals surface area contributed by atoms with Crippen molar-refractivity contribution >= 4 is 6.29 Å². The lowest BCUT2D eigenvalue weighted by Crippen LogP contribution is -2.34. The highest BCUT2D eigenvalue weighted by Crippen LogP contribution is 2.13. The molecule has 0 bridgehead atoms. The van der Waals surface area contributed by atoms with Crippen molar-refractivity contribution in [1.29, 1.82) is 0 Å². The summed E-state index contributed by atoms with van der Waals surface area (Å²) in [6.45, 7) is 3.02. The summed E-state index contributed by atoms with van der Waals surface area (Å²) in [5, 5.41) is 11.9. The van der Waals surface area contributed by atoms with E-state index in [4.69, 9.17) is 5.11 Å². The lowest BCUT2D eigenvalue weighted by molar-refractivity contribution is -0.110. The average Bonchev–Trinajstić information content (AvgIpc) is 2.61.